The molecular weight excluding hydrogens is 174 g/mol. The van der Waals surface area contributed by atoms with Crippen LogP contribution < -0.4 is 0 Å². The Labute approximate surface area is 87.3 Å². The number of nitrogens with zero attached hydrogens (tertiary/aromatic N) is 3. The zero-order valence-corrected chi connectivity index (χ0v) is 9.37. The van der Waals surface area contributed by atoms with E-state index in [1.165, 1.54) is 32.4 Å². The second-order valence-electron chi connectivity index (χ2n) is 4.30. The van der Waals surface area contributed by atoms with Crippen LogP contribution in [0.1, 0.15) is 25.7 Å². The van der Waals surface area contributed by atoms with Crippen LogP contribution >= 0.6 is 0 Å². The number of rotatable bonds is 4. The highest BCUT2D eigenvalue weighted by molar-refractivity contribution is 4.90. The second-order valence-corrected chi connectivity index (χ2v) is 4.30. The molecule has 14 heavy (non-hydrogen) atoms. The van der Waals surface area contributed by atoms with Crippen molar-refractivity contribution in [1.82, 2.24) is 9.80 Å². The Hall–Kier alpha value is -0.590. The highest BCUT2D eigenvalue weighted by Crippen LogP contribution is 2.10. The third-order valence-corrected chi connectivity index (χ3v) is 2.94. The number of hydrogen-bond acceptors (Lipinski definition) is 3. The van der Waals surface area contributed by atoms with Crippen molar-refractivity contribution in [3.63, 3.8) is 0 Å². The molecule has 0 saturated carbocycles. The molecule has 1 fully saturated rings. The van der Waals surface area contributed by atoms with Gasteiger partial charge >= 0.3 is 0 Å². The highest BCUT2D eigenvalue weighted by atomic mass is 15.1. The molecule has 80 valence electrons. The quantitative estimate of drug-likeness (QED) is 0.677. The summed E-state index contributed by atoms with van der Waals surface area (Å²) in [5.41, 5.74) is 0. The monoisotopic (exact) mass is 195 g/mol. The standard InChI is InChI=1S/C11H21N3/c1-13(2)11(10-12)6-9-14-7-4-3-5-8-14/h11H,3-9H2,1-2H3. The Morgan fingerprint density at radius 3 is 2.43 bits per heavy atom. The van der Waals surface area contributed by atoms with Crippen LogP contribution in [0.5, 0.6) is 0 Å². The minimum atomic E-state index is 0.0805. The van der Waals surface area contributed by atoms with E-state index in [1.807, 2.05) is 19.0 Å². The molecule has 1 aliphatic rings. The predicted molar refractivity (Wildman–Crippen MR) is 58.0 cm³/mol. The van der Waals surface area contributed by atoms with Crippen molar-refractivity contribution in [3.8, 4) is 6.07 Å². The smallest absolute Gasteiger partial charge is 0.0985 e. The SMILES string of the molecule is CN(C)C(C#N)CCN1CCCCC1. The lowest BCUT2D eigenvalue weighted by Gasteiger charge is -2.28. The van der Waals surface area contributed by atoms with Crippen molar-refractivity contribution in [2.45, 2.75) is 31.7 Å². The number of hydrogen-bond donors (Lipinski definition) is 0. The fourth-order valence-corrected chi connectivity index (χ4v) is 1.93. The summed E-state index contributed by atoms with van der Waals surface area (Å²) in [6.07, 6.45) is 5.02. The van der Waals surface area contributed by atoms with Gasteiger partial charge in [0.25, 0.3) is 0 Å². The van der Waals surface area contributed by atoms with E-state index in [0.29, 0.717) is 0 Å². The molecule has 1 atom stereocenters. The van der Waals surface area contributed by atoms with Crippen LogP contribution in [0, 0.1) is 11.3 Å². The van der Waals surface area contributed by atoms with Crippen molar-refractivity contribution in [2.24, 2.45) is 0 Å². The minimum Gasteiger partial charge on any atom is -0.303 e. The maximum absolute atomic E-state index is 8.92. The van der Waals surface area contributed by atoms with Gasteiger partial charge in [-0.15, -0.1) is 0 Å². The molecule has 3 heteroatoms. The molecule has 1 heterocycles. The minimum absolute atomic E-state index is 0.0805. The van der Waals surface area contributed by atoms with Gasteiger partial charge in [-0.05, 0) is 46.4 Å². The molecule has 0 spiro atoms. The van der Waals surface area contributed by atoms with Gasteiger partial charge in [0.05, 0.1) is 12.1 Å². The lowest BCUT2D eigenvalue weighted by molar-refractivity contribution is 0.206. The zero-order valence-electron chi connectivity index (χ0n) is 9.37. The van der Waals surface area contributed by atoms with Crippen LogP contribution in [-0.2, 0) is 0 Å². The fraction of sp³-hybridized carbons (Fsp3) is 0.909. The van der Waals surface area contributed by atoms with Gasteiger partial charge in [-0.1, -0.05) is 6.42 Å². The predicted octanol–water partition coefficient (Wildman–Crippen LogP) is 1.32. The summed E-state index contributed by atoms with van der Waals surface area (Å²) in [5, 5.41) is 8.92. The molecule has 0 radical (unpaired) electrons. The molecule has 0 aromatic carbocycles. The first kappa shape index (κ1) is 11.5. The van der Waals surface area contributed by atoms with Crippen LogP contribution in [0.25, 0.3) is 0 Å². The van der Waals surface area contributed by atoms with E-state index in [4.69, 9.17) is 5.26 Å². The van der Waals surface area contributed by atoms with Crippen molar-refractivity contribution >= 4 is 0 Å². The first-order valence-electron chi connectivity index (χ1n) is 5.52. The molecule has 1 rings (SSSR count). The van der Waals surface area contributed by atoms with Gasteiger partial charge in [-0.3, -0.25) is 4.90 Å². The van der Waals surface area contributed by atoms with Gasteiger partial charge in [0.1, 0.15) is 0 Å². The molecule has 0 aromatic rings. The lowest BCUT2D eigenvalue weighted by atomic mass is 10.1. The summed E-state index contributed by atoms with van der Waals surface area (Å²) in [7, 11) is 3.95. The summed E-state index contributed by atoms with van der Waals surface area (Å²) >= 11 is 0. The molecule has 0 aromatic heterocycles. The van der Waals surface area contributed by atoms with Crippen LogP contribution in [-0.4, -0.2) is 49.6 Å². The van der Waals surface area contributed by atoms with Crippen molar-refractivity contribution in [1.29, 1.82) is 5.26 Å². The van der Waals surface area contributed by atoms with Gasteiger partial charge in [-0.2, -0.15) is 5.26 Å². The average Bonchev–Trinajstić information content (AvgIpc) is 2.20. The average molecular weight is 195 g/mol. The fourth-order valence-electron chi connectivity index (χ4n) is 1.93. The second kappa shape index (κ2) is 6.00. The van der Waals surface area contributed by atoms with E-state index in [1.54, 1.807) is 0 Å². The lowest BCUT2D eigenvalue weighted by Crippen LogP contribution is -2.35. The topological polar surface area (TPSA) is 30.3 Å². The molecule has 1 unspecified atom stereocenters. The van der Waals surface area contributed by atoms with E-state index in [9.17, 15) is 0 Å². The maximum Gasteiger partial charge on any atom is 0.0985 e. The highest BCUT2D eigenvalue weighted by Gasteiger charge is 2.14. The van der Waals surface area contributed by atoms with Gasteiger partial charge < -0.3 is 4.90 Å². The van der Waals surface area contributed by atoms with Crippen molar-refractivity contribution < 1.29 is 0 Å². The molecule has 0 N–H and O–H groups in total. The van der Waals surface area contributed by atoms with Gasteiger partial charge in [0.15, 0.2) is 0 Å². The molecule has 1 saturated heterocycles. The molecule has 0 bridgehead atoms. The Bertz CT molecular complexity index is 189. The molecule has 0 aliphatic carbocycles. The summed E-state index contributed by atoms with van der Waals surface area (Å²) in [6, 6.07) is 2.42. The Kier molecular flexibility index (Phi) is 4.92. The summed E-state index contributed by atoms with van der Waals surface area (Å²) in [5.74, 6) is 0. The largest absolute Gasteiger partial charge is 0.303 e. The third kappa shape index (κ3) is 3.65. The van der Waals surface area contributed by atoms with E-state index in [2.05, 4.69) is 11.0 Å². The summed E-state index contributed by atoms with van der Waals surface area (Å²) in [4.78, 5) is 4.49. The van der Waals surface area contributed by atoms with E-state index in [0.717, 1.165) is 13.0 Å². The Balaban J connectivity index is 2.21. The van der Waals surface area contributed by atoms with E-state index < -0.39 is 0 Å². The van der Waals surface area contributed by atoms with Gasteiger partial charge in [-0.25, -0.2) is 0 Å². The summed E-state index contributed by atoms with van der Waals surface area (Å²) in [6.45, 7) is 3.54. The molecule has 0 amide bonds. The van der Waals surface area contributed by atoms with Crippen molar-refractivity contribution in [2.75, 3.05) is 33.7 Å². The normalized spacial score (nSPS) is 20.7. The van der Waals surface area contributed by atoms with Gasteiger partial charge in [0.2, 0.25) is 0 Å². The van der Waals surface area contributed by atoms with E-state index in [-0.39, 0.29) is 6.04 Å². The molecule has 1 aliphatic heterocycles. The molecular formula is C11H21N3. The number of nitriles is 1. The number of piperidine rings is 1. The zero-order chi connectivity index (χ0) is 10.4. The van der Waals surface area contributed by atoms with Crippen LogP contribution in [0.2, 0.25) is 0 Å². The van der Waals surface area contributed by atoms with Gasteiger partial charge in [0, 0.05) is 6.54 Å². The number of likely N-dealkylation sites (tertiary alicyclic amines) is 1. The maximum atomic E-state index is 8.92. The Morgan fingerprint density at radius 1 is 1.29 bits per heavy atom. The van der Waals surface area contributed by atoms with Crippen molar-refractivity contribution in [3.05, 3.63) is 0 Å². The Morgan fingerprint density at radius 2 is 1.93 bits per heavy atom. The van der Waals surface area contributed by atoms with Crippen LogP contribution in [0.4, 0.5) is 0 Å². The third-order valence-electron chi connectivity index (χ3n) is 2.94. The summed E-state index contributed by atoms with van der Waals surface area (Å²) < 4.78 is 0. The van der Waals surface area contributed by atoms with Crippen LogP contribution in [0.15, 0.2) is 0 Å². The first-order valence-corrected chi connectivity index (χ1v) is 5.52. The first-order chi connectivity index (χ1) is 6.74. The van der Waals surface area contributed by atoms with E-state index >= 15 is 0 Å². The molecule has 3 nitrogen and oxygen atoms in total. The van der Waals surface area contributed by atoms with Crippen LogP contribution in [0.3, 0.4) is 0 Å².